The molecule has 1 aliphatic carbocycles. The minimum Gasteiger partial charge on any atom is -0.459 e. The van der Waals surface area contributed by atoms with Gasteiger partial charge in [-0.15, -0.1) is 0 Å². The first-order chi connectivity index (χ1) is 9.47. The van der Waals surface area contributed by atoms with Gasteiger partial charge in [0, 0.05) is 12.2 Å². The number of ether oxygens (including phenoxy) is 1. The molecule has 0 heterocycles. The summed E-state index contributed by atoms with van der Waals surface area (Å²) in [7, 11) is 0. The van der Waals surface area contributed by atoms with Gasteiger partial charge in [0.2, 0.25) is 5.91 Å². The molecule has 0 radical (unpaired) electrons. The molecule has 1 aromatic carbocycles. The van der Waals surface area contributed by atoms with Crippen LogP contribution in [0.25, 0.3) is 0 Å². The predicted octanol–water partition coefficient (Wildman–Crippen LogP) is 1.93. The number of benzene rings is 1. The first-order valence-corrected chi connectivity index (χ1v) is 6.79. The molecule has 1 aromatic rings. The van der Waals surface area contributed by atoms with E-state index in [1.807, 2.05) is 0 Å². The summed E-state index contributed by atoms with van der Waals surface area (Å²) in [5.74, 6) is -0.406. The lowest BCUT2D eigenvalue weighted by Gasteiger charge is -2.13. The lowest BCUT2D eigenvalue weighted by atomic mass is 10.1. The van der Waals surface area contributed by atoms with Gasteiger partial charge < -0.3 is 15.8 Å². The third-order valence-electron chi connectivity index (χ3n) is 3.45. The van der Waals surface area contributed by atoms with Crippen molar-refractivity contribution in [1.29, 1.82) is 0 Å². The monoisotopic (exact) mass is 276 g/mol. The molecule has 1 saturated carbocycles. The van der Waals surface area contributed by atoms with Crippen LogP contribution in [0.4, 0.5) is 5.69 Å². The number of anilines is 1. The predicted molar refractivity (Wildman–Crippen MR) is 76.3 cm³/mol. The van der Waals surface area contributed by atoms with E-state index in [0.717, 1.165) is 12.8 Å². The molecule has 1 amide bonds. The maximum atomic E-state index is 12.0. The van der Waals surface area contributed by atoms with Crippen LogP contribution in [0.2, 0.25) is 0 Å². The van der Waals surface area contributed by atoms with Gasteiger partial charge in [0.1, 0.15) is 0 Å². The quantitative estimate of drug-likeness (QED) is 0.805. The van der Waals surface area contributed by atoms with Crippen molar-refractivity contribution in [2.24, 2.45) is 11.1 Å². The Bertz CT molecular complexity index is 504. The van der Waals surface area contributed by atoms with Crippen LogP contribution in [0.5, 0.6) is 0 Å². The zero-order valence-electron chi connectivity index (χ0n) is 11.8. The molecule has 0 unspecified atom stereocenters. The first-order valence-electron chi connectivity index (χ1n) is 6.79. The maximum Gasteiger partial charge on any atom is 0.338 e. The number of rotatable bonds is 5. The van der Waals surface area contributed by atoms with Crippen molar-refractivity contribution in [3.63, 3.8) is 0 Å². The summed E-state index contributed by atoms with van der Waals surface area (Å²) < 4.78 is 5.10. The molecule has 20 heavy (non-hydrogen) atoms. The van der Waals surface area contributed by atoms with Crippen molar-refractivity contribution in [3.05, 3.63) is 29.8 Å². The number of amides is 1. The third kappa shape index (κ3) is 3.17. The smallest absolute Gasteiger partial charge is 0.338 e. The average Bonchev–Trinajstić information content (AvgIpc) is 3.19. The Hall–Kier alpha value is -1.88. The fourth-order valence-electron chi connectivity index (χ4n) is 1.91. The van der Waals surface area contributed by atoms with E-state index in [1.165, 1.54) is 0 Å². The molecule has 2 rings (SSSR count). The van der Waals surface area contributed by atoms with Gasteiger partial charge in [-0.1, -0.05) is 0 Å². The van der Waals surface area contributed by atoms with Gasteiger partial charge in [-0.05, 0) is 51.0 Å². The minimum absolute atomic E-state index is 0.0440. The third-order valence-corrected chi connectivity index (χ3v) is 3.45. The normalized spacial score (nSPS) is 15.8. The van der Waals surface area contributed by atoms with Crippen LogP contribution in [0.1, 0.15) is 37.0 Å². The highest BCUT2D eigenvalue weighted by Gasteiger charge is 2.48. The summed E-state index contributed by atoms with van der Waals surface area (Å²) in [6.45, 7) is 3.97. The van der Waals surface area contributed by atoms with Gasteiger partial charge in [0.05, 0.1) is 17.1 Å². The molecule has 5 nitrogen and oxygen atoms in total. The van der Waals surface area contributed by atoms with Crippen LogP contribution in [0.3, 0.4) is 0 Å². The summed E-state index contributed by atoms with van der Waals surface area (Å²) in [6.07, 6.45) is 1.53. The zero-order valence-corrected chi connectivity index (χ0v) is 11.8. The standard InChI is InChI=1S/C15H20N2O3/c1-10(2)20-13(18)11-3-5-12(6-4-11)17-14(19)15(9-16)7-8-15/h3-6,10H,7-9,16H2,1-2H3,(H,17,19). The molecule has 108 valence electrons. The topological polar surface area (TPSA) is 81.4 Å². The molecular weight excluding hydrogens is 256 g/mol. The van der Waals surface area contributed by atoms with E-state index in [0.29, 0.717) is 17.8 Å². The van der Waals surface area contributed by atoms with Gasteiger partial charge in [-0.2, -0.15) is 0 Å². The van der Waals surface area contributed by atoms with Gasteiger partial charge in [0.15, 0.2) is 0 Å². The number of nitrogens with one attached hydrogen (secondary N) is 1. The molecule has 0 bridgehead atoms. The Labute approximate surface area is 118 Å². The van der Waals surface area contributed by atoms with E-state index >= 15 is 0 Å². The second-order valence-corrected chi connectivity index (χ2v) is 5.47. The first kappa shape index (κ1) is 14.5. The van der Waals surface area contributed by atoms with Crippen LogP contribution < -0.4 is 11.1 Å². The highest BCUT2D eigenvalue weighted by Crippen LogP contribution is 2.45. The zero-order chi connectivity index (χ0) is 14.8. The fraction of sp³-hybridized carbons (Fsp3) is 0.467. The number of hydrogen-bond acceptors (Lipinski definition) is 4. The number of esters is 1. The van der Waals surface area contributed by atoms with Crippen LogP contribution in [0, 0.1) is 5.41 Å². The summed E-state index contributed by atoms with van der Waals surface area (Å²) in [6, 6.07) is 6.67. The number of hydrogen-bond donors (Lipinski definition) is 2. The lowest BCUT2D eigenvalue weighted by molar-refractivity contribution is -0.120. The molecule has 3 N–H and O–H groups in total. The van der Waals surface area contributed by atoms with Crippen LogP contribution in [-0.4, -0.2) is 24.5 Å². The van der Waals surface area contributed by atoms with Gasteiger partial charge in [-0.25, -0.2) is 4.79 Å². The Morgan fingerprint density at radius 2 is 1.90 bits per heavy atom. The largest absolute Gasteiger partial charge is 0.459 e. The Morgan fingerprint density at radius 1 is 1.30 bits per heavy atom. The van der Waals surface area contributed by atoms with Crippen molar-refractivity contribution >= 4 is 17.6 Å². The molecule has 0 aliphatic heterocycles. The van der Waals surface area contributed by atoms with Crippen LogP contribution in [0.15, 0.2) is 24.3 Å². The molecule has 0 aromatic heterocycles. The van der Waals surface area contributed by atoms with Crippen LogP contribution in [-0.2, 0) is 9.53 Å². The Balaban J connectivity index is 1.98. The van der Waals surface area contributed by atoms with Gasteiger partial charge >= 0.3 is 5.97 Å². The number of nitrogens with two attached hydrogens (primary N) is 1. The van der Waals surface area contributed by atoms with Gasteiger partial charge in [-0.3, -0.25) is 4.79 Å². The Kier molecular flexibility index (Phi) is 4.09. The summed E-state index contributed by atoms with van der Waals surface area (Å²) in [5.41, 5.74) is 6.36. The molecule has 0 atom stereocenters. The summed E-state index contributed by atoms with van der Waals surface area (Å²) in [5, 5.41) is 2.83. The summed E-state index contributed by atoms with van der Waals surface area (Å²) >= 11 is 0. The van der Waals surface area contributed by atoms with E-state index in [-0.39, 0.29) is 23.4 Å². The molecular formula is C15H20N2O3. The number of carbonyl (C=O) groups is 2. The molecule has 1 aliphatic rings. The number of carbonyl (C=O) groups excluding carboxylic acids is 2. The van der Waals surface area contributed by atoms with Crippen molar-refractivity contribution in [2.45, 2.75) is 32.8 Å². The maximum absolute atomic E-state index is 12.0. The van der Waals surface area contributed by atoms with Crippen molar-refractivity contribution in [2.75, 3.05) is 11.9 Å². The van der Waals surface area contributed by atoms with Crippen molar-refractivity contribution in [1.82, 2.24) is 0 Å². The van der Waals surface area contributed by atoms with E-state index < -0.39 is 0 Å². The SMILES string of the molecule is CC(C)OC(=O)c1ccc(NC(=O)C2(CN)CC2)cc1. The molecule has 1 fully saturated rings. The molecule has 5 heteroatoms. The van der Waals surface area contributed by atoms with E-state index in [4.69, 9.17) is 10.5 Å². The van der Waals surface area contributed by atoms with Crippen molar-refractivity contribution < 1.29 is 14.3 Å². The summed E-state index contributed by atoms with van der Waals surface area (Å²) in [4.78, 5) is 23.7. The second-order valence-electron chi connectivity index (χ2n) is 5.47. The highest BCUT2D eigenvalue weighted by molar-refractivity contribution is 5.98. The van der Waals surface area contributed by atoms with Gasteiger partial charge in [0.25, 0.3) is 0 Å². The second kappa shape index (κ2) is 5.63. The highest BCUT2D eigenvalue weighted by atomic mass is 16.5. The average molecular weight is 276 g/mol. The fourth-order valence-corrected chi connectivity index (χ4v) is 1.91. The lowest BCUT2D eigenvalue weighted by Crippen LogP contribution is -2.30. The van der Waals surface area contributed by atoms with E-state index in [9.17, 15) is 9.59 Å². The van der Waals surface area contributed by atoms with E-state index in [1.54, 1.807) is 38.1 Å². The van der Waals surface area contributed by atoms with Crippen molar-refractivity contribution in [3.8, 4) is 0 Å². The Morgan fingerprint density at radius 3 is 2.35 bits per heavy atom. The molecule has 0 saturated heterocycles. The van der Waals surface area contributed by atoms with Crippen LogP contribution >= 0.6 is 0 Å². The van der Waals surface area contributed by atoms with E-state index in [2.05, 4.69) is 5.32 Å². The molecule has 0 spiro atoms. The minimum atomic E-state index is -0.380.